The molecule has 2 unspecified atom stereocenters. The molecule has 0 fully saturated rings. The molecule has 22 heavy (non-hydrogen) atoms. The second-order valence-electron chi connectivity index (χ2n) is 5.46. The van der Waals surface area contributed by atoms with Crippen LogP contribution in [0.4, 0.5) is 0 Å². The normalized spacial score (nSPS) is 17.3. The lowest BCUT2D eigenvalue weighted by molar-refractivity contribution is -0.123. The predicted octanol–water partition coefficient (Wildman–Crippen LogP) is 2.67. The highest BCUT2D eigenvalue weighted by molar-refractivity contribution is 7.13. The van der Waals surface area contributed by atoms with Crippen molar-refractivity contribution in [1.82, 2.24) is 10.3 Å². The molecule has 1 heterocycles. The molecule has 5 nitrogen and oxygen atoms in total. The molecular formula is C16H16N2O3S. The van der Waals surface area contributed by atoms with Gasteiger partial charge in [0.05, 0.1) is 17.7 Å². The minimum absolute atomic E-state index is 0.0315. The zero-order valence-corrected chi connectivity index (χ0v) is 13.1. The minimum atomic E-state index is -0.979. The van der Waals surface area contributed by atoms with E-state index in [0.29, 0.717) is 10.7 Å². The number of carbonyl (C=O) groups is 2. The molecule has 2 N–H and O–H groups in total. The second kappa shape index (κ2) is 5.53. The number of carbonyl (C=O) groups excluding carboxylic acids is 1. The standard InChI is InChI=1S/C16H16N2O3S/c1-8-13(16(20)21)22-15(18-8)9(2)17-14(19)12-7-10-5-3-4-6-11(10)12/h3-6,9,12H,7H2,1-2H3,(H,17,19)(H,20,21). The van der Waals surface area contributed by atoms with E-state index in [4.69, 9.17) is 5.11 Å². The lowest BCUT2D eigenvalue weighted by Gasteiger charge is -2.29. The van der Waals surface area contributed by atoms with Gasteiger partial charge in [0.2, 0.25) is 5.91 Å². The smallest absolute Gasteiger partial charge is 0.347 e. The van der Waals surface area contributed by atoms with Crippen LogP contribution in [0.25, 0.3) is 0 Å². The number of aromatic nitrogens is 1. The topological polar surface area (TPSA) is 79.3 Å². The first-order valence-corrected chi connectivity index (χ1v) is 7.88. The monoisotopic (exact) mass is 316 g/mol. The number of fused-ring (bicyclic) bond motifs is 1. The number of carboxylic acid groups (broad SMARTS) is 1. The summed E-state index contributed by atoms with van der Waals surface area (Å²) in [5.41, 5.74) is 2.78. The van der Waals surface area contributed by atoms with Gasteiger partial charge in [-0.15, -0.1) is 11.3 Å². The number of nitrogens with one attached hydrogen (secondary N) is 1. The summed E-state index contributed by atoms with van der Waals surface area (Å²) in [5.74, 6) is -1.12. The number of aromatic carboxylic acids is 1. The molecule has 1 aliphatic rings. The van der Waals surface area contributed by atoms with Gasteiger partial charge < -0.3 is 10.4 Å². The van der Waals surface area contributed by atoms with E-state index < -0.39 is 5.97 Å². The highest BCUT2D eigenvalue weighted by Gasteiger charge is 2.32. The molecule has 0 aliphatic heterocycles. The van der Waals surface area contributed by atoms with E-state index in [-0.39, 0.29) is 22.7 Å². The first kappa shape index (κ1) is 14.7. The summed E-state index contributed by atoms with van der Waals surface area (Å²) in [4.78, 5) is 27.9. The van der Waals surface area contributed by atoms with Crippen LogP contribution < -0.4 is 5.32 Å². The molecule has 0 saturated heterocycles. The van der Waals surface area contributed by atoms with Crippen LogP contribution >= 0.6 is 11.3 Å². The SMILES string of the molecule is Cc1nc(C(C)NC(=O)C2Cc3ccccc32)sc1C(=O)O. The number of rotatable bonds is 4. The van der Waals surface area contributed by atoms with Gasteiger partial charge in [-0.3, -0.25) is 4.79 Å². The first-order chi connectivity index (χ1) is 10.5. The largest absolute Gasteiger partial charge is 0.477 e. The molecule has 0 radical (unpaired) electrons. The fraction of sp³-hybridized carbons (Fsp3) is 0.312. The van der Waals surface area contributed by atoms with E-state index in [9.17, 15) is 9.59 Å². The van der Waals surface area contributed by atoms with Gasteiger partial charge in [0.1, 0.15) is 9.88 Å². The second-order valence-corrected chi connectivity index (χ2v) is 6.49. The van der Waals surface area contributed by atoms with E-state index in [1.807, 2.05) is 31.2 Å². The van der Waals surface area contributed by atoms with E-state index in [2.05, 4.69) is 10.3 Å². The van der Waals surface area contributed by atoms with Crippen molar-refractivity contribution in [2.24, 2.45) is 0 Å². The number of carboxylic acids is 1. The van der Waals surface area contributed by atoms with Crippen LogP contribution in [-0.4, -0.2) is 22.0 Å². The fourth-order valence-corrected chi connectivity index (χ4v) is 3.58. The van der Waals surface area contributed by atoms with E-state index in [1.165, 1.54) is 5.56 Å². The Morgan fingerprint density at radius 3 is 2.77 bits per heavy atom. The van der Waals surface area contributed by atoms with Crippen molar-refractivity contribution >= 4 is 23.2 Å². The summed E-state index contributed by atoms with van der Waals surface area (Å²) < 4.78 is 0. The van der Waals surface area contributed by atoms with Gasteiger partial charge in [0.15, 0.2) is 0 Å². The summed E-state index contributed by atoms with van der Waals surface area (Å²) in [7, 11) is 0. The van der Waals surface area contributed by atoms with Crippen molar-refractivity contribution in [3.05, 3.63) is 51.0 Å². The summed E-state index contributed by atoms with van der Waals surface area (Å²) >= 11 is 1.12. The summed E-state index contributed by atoms with van der Waals surface area (Å²) in [5, 5.41) is 12.6. The lowest BCUT2D eigenvalue weighted by Crippen LogP contribution is -2.36. The Hall–Kier alpha value is -2.21. The van der Waals surface area contributed by atoms with Crippen LogP contribution in [-0.2, 0) is 11.2 Å². The van der Waals surface area contributed by atoms with E-state index in [1.54, 1.807) is 6.92 Å². The van der Waals surface area contributed by atoms with Crippen molar-refractivity contribution in [2.45, 2.75) is 32.2 Å². The summed E-state index contributed by atoms with van der Waals surface area (Å²) in [6.07, 6.45) is 0.756. The molecule has 0 bridgehead atoms. The maximum Gasteiger partial charge on any atom is 0.347 e. The van der Waals surface area contributed by atoms with Gasteiger partial charge in [-0.25, -0.2) is 9.78 Å². The number of amides is 1. The molecule has 0 saturated carbocycles. The molecule has 3 rings (SSSR count). The zero-order chi connectivity index (χ0) is 15.9. The molecule has 1 aromatic carbocycles. The van der Waals surface area contributed by atoms with Crippen molar-refractivity contribution < 1.29 is 14.7 Å². The van der Waals surface area contributed by atoms with Gasteiger partial charge in [0, 0.05) is 0 Å². The molecular weight excluding hydrogens is 300 g/mol. The van der Waals surface area contributed by atoms with Crippen molar-refractivity contribution in [3.63, 3.8) is 0 Å². The molecule has 2 aromatic rings. The Morgan fingerprint density at radius 2 is 2.14 bits per heavy atom. The number of benzene rings is 1. The Bertz CT molecular complexity index is 754. The molecule has 1 aliphatic carbocycles. The zero-order valence-electron chi connectivity index (χ0n) is 12.3. The first-order valence-electron chi connectivity index (χ1n) is 7.06. The summed E-state index contributed by atoms with van der Waals surface area (Å²) in [6.45, 7) is 3.49. The third-order valence-electron chi connectivity index (χ3n) is 3.91. The van der Waals surface area contributed by atoms with Crippen LogP contribution in [0.2, 0.25) is 0 Å². The molecule has 2 atom stereocenters. The average Bonchev–Trinajstić information content (AvgIpc) is 2.82. The Labute approximate surface area is 132 Å². The minimum Gasteiger partial charge on any atom is -0.477 e. The van der Waals surface area contributed by atoms with Gasteiger partial charge >= 0.3 is 5.97 Å². The maximum absolute atomic E-state index is 12.3. The van der Waals surface area contributed by atoms with Gasteiger partial charge in [-0.05, 0) is 31.4 Å². The average molecular weight is 316 g/mol. The fourth-order valence-electron chi connectivity index (χ4n) is 2.67. The van der Waals surface area contributed by atoms with Crippen LogP contribution in [0.1, 0.15) is 50.4 Å². The van der Waals surface area contributed by atoms with Gasteiger partial charge in [-0.1, -0.05) is 24.3 Å². The van der Waals surface area contributed by atoms with Crippen LogP contribution in [0.5, 0.6) is 0 Å². The van der Waals surface area contributed by atoms with Crippen molar-refractivity contribution in [2.75, 3.05) is 0 Å². The van der Waals surface area contributed by atoms with Crippen LogP contribution in [0, 0.1) is 6.92 Å². The van der Waals surface area contributed by atoms with Crippen LogP contribution in [0.3, 0.4) is 0 Å². The Kier molecular flexibility index (Phi) is 3.70. The third-order valence-corrected chi connectivity index (χ3v) is 5.24. The van der Waals surface area contributed by atoms with E-state index >= 15 is 0 Å². The van der Waals surface area contributed by atoms with Gasteiger partial charge in [-0.2, -0.15) is 0 Å². The van der Waals surface area contributed by atoms with Crippen molar-refractivity contribution in [1.29, 1.82) is 0 Å². The van der Waals surface area contributed by atoms with Crippen molar-refractivity contribution in [3.8, 4) is 0 Å². The molecule has 114 valence electrons. The Balaban J connectivity index is 1.70. The number of hydrogen-bond donors (Lipinski definition) is 2. The molecule has 1 aromatic heterocycles. The maximum atomic E-state index is 12.3. The number of nitrogens with zero attached hydrogens (tertiary/aromatic N) is 1. The Morgan fingerprint density at radius 1 is 1.41 bits per heavy atom. The quantitative estimate of drug-likeness (QED) is 0.909. The summed E-state index contributed by atoms with van der Waals surface area (Å²) in [6, 6.07) is 7.62. The number of aryl methyl sites for hydroxylation is 1. The molecule has 0 spiro atoms. The number of thiazole rings is 1. The molecule has 6 heteroatoms. The predicted molar refractivity (Wildman–Crippen MR) is 83.3 cm³/mol. The number of hydrogen-bond acceptors (Lipinski definition) is 4. The highest BCUT2D eigenvalue weighted by Crippen LogP contribution is 2.35. The van der Waals surface area contributed by atoms with Crippen LogP contribution in [0.15, 0.2) is 24.3 Å². The molecule has 1 amide bonds. The lowest BCUT2D eigenvalue weighted by atomic mass is 9.77. The highest BCUT2D eigenvalue weighted by atomic mass is 32.1. The van der Waals surface area contributed by atoms with Gasteiger partial charge in [0.25, 0.3) is 0 Å². The van der Waals surface area contributed by atoms with E-state index in [0.717, 1.165) is 23.3 Å². The third kappa shape index (κ3) is 2.50.